The molecule has 0 amide bonds. The molecule has 11 heavy (non-hydrogen) atoms. The Hall–Kier alpha value is -0.500. The van der Waals surface area contributed by atoms with Crippen LogP contribution in [0.5, 0.6) is 0 Å². The van der Waals surface area contributed by atoms with Gasteiger partial charge in [-0.25, -0.2) is 0 Å². The van der Waals surface area contributed by atoms with Crippen molar-refractivity contribution in [1.29, 1.82) is 0 Å². The molecule has 2 nitrogen and oxygen atoms in total. The predicted molar refractivity (Wildman–Crippen MR) is 48.8 cm³/mol. The Kier molecular flexibility index (Phi) is 2.23. The number of allylic oxidation sites excluding steroid dienone is 1. The van der Waals surface area contributed by atoms with Crippen LogP contribution in [0.2, 0.25) is 0 Å². The van der Waals surface area contributed by atoms with Gasteiger partial charge in [-0.15, -0.1) is 0 Å². The van der Waals surface area contributed by atoms with Crippen LogP contribution in [0, 0.1) is 5.41 Å². The van der Waals surface area contributed by atoms with Crippen LogP contribution in [-0.4, -0.2) is 11.2 Å². The highest BCUT2D eigenvalue weighted by Crippen LogP contribution is 2.18. The van der Waals surface area contributed by atoms with E-state index in [2.05, 4.69) is 31.3 Å². The van der Waals surface area contributed by atoms with Crippen LogP contribution in [0.15, 0.2) is 17.3 Å². The summed E-state index contributed by atoms with van der Waals surface area (Å²) in [6.45, 7) is 6.35. The third kappa shape index (κ3) is 2.22. The molecule has 1 rings (SSSR count). The molecule has 3 heteroatoms. The first-order chi connectivity index (χ1) is 5.00. The Morgan fingerprint density at radius 3 is 2.55 bits per heavy atom. The van der Waals surface area contributed by atoms with Gasteiger partial charge < -0.3 is 0 Å². The fraction of sp³-hybridized carbons (Fsp3) is 0.625. The largest absolute Gasteiger partial charge is 0.288 e. The van der Waals surface area contributed by atoms with Crippen LogP contribution in [0.1, 0.15) is 20.8 Å². The lowest BCUT2D eigenvalue weighted by Gasteiger charge is -2.22. The van der Waals surface area contributed by atoms with Crippen molar-refractivity contribution in [3.8, 4) is 0 Å². The molecule has 0 bridgehead atoms. The van der Waals surface area contributed by atoms with Gasteiger partial charge in [0.25, 0.3) is 0 Å². The Labute approximate surface area is 72.3 Å². The molecule has 0 aliphatic carbocycles. The molecule has 1 aliphatic heterocycles. The minimum Gasteiger partial charge on any atom is -0.288 e. The van der Waals surface area contributed by atoms with E-state index >= 15 is 0 Å². The SMILES string of the molecule is CC(C)(C)C1=NN[C@@H](Cl)C=C1. The van der Waals surface area contributed by atoms with Crippen LogP contribution < -0.4 is 5.43 Å². The number of nitrogens with one attached hydrogen (secondary N) is 1. The van der Waals surface area contributed by atoms with E-state index in [4.69, 9.17) is 11.6 Å². The molecule has 1 heterocycles. The van der Waals surface area contributed by atoms with Crippen LogP contribution in [-0.2, 0) is 0 Å². The monoisotopic (exact) mass is 172 g/mol. The summed E-state index contributed by atoms with van der Waals surface area (Å²) < 4.78 is 0. The smallest absolute Gasteiger partial charge is 0.136 e. The van der Waals surface area contributed by atoms with Crippen LogP contribution in [0.25, 0.3) is 0 Å². The van der Waals surface area contributed by atoms with Gasteiger partial charge in [0.2, 0.25) is 0 Å². The second-order valence-electron chi connectivity index (χ2n) is 3.64. The Morgan fingerprint density at radius 2 is 2.18 bits per heavy atom. The lowest BCUT2D eigenvalue weighted by molar-refractivity contribution is 0.578. The Balaban J connectivity index is 2.71. The molecule has 0 aromatic heterocycles. The third-order valence-electron chi connectivity index (χ3n) is 1.50. The number of hydrogen-bond acceptors (Lipinski definition) is 2. The van der Waals surface area contributed by atoms with Crippen molar-refractivity contribution in [3.05, 3.63) is 12.2 Å². The zero-order valence-corrected chi connectivity index (χ0v) is 7.81. The number of rotatable bonds is 0. The summed E-state index contributed by atoms with van der Waals surface area (Å²) in [5, 5.41) is 4.13. The number of alkyl halides is 1. The molecule has 0 aromatic carbocycles. The minimum absolute atomic E-state index is 0.0977. The van der Waals surface area contributed by atoms with E-state index in [1.54, 1.807) is 0 Å². The van der Waals surface area contributed by atoms with Gasteiger partial charge in [-0.1, -0.05) is 32.4 Å². The van der Waals surface area contributed by atoms with Gasteiger partial charge in [0.1, 0.15) is 5.50 Å². The van der Waals surface area contributed by atoms with E-state index in [0.717, 1.165) is 5.71 Å². The highest BCUT2D eigenvalue weighted by atomic mass is 35.5. The molecule has 0 unspecified atom stereocenters. The first kappa shape index (κ1) is 8.60. The maximum Gasteiger partial charge on any atom is 0.136 e. The van der Waals surface area contributed by atoms with Crippen LogP contribution in [0.4, 0.5) is 0 Å². The molecule has 62 valence electrons. The van der Waals surface area contributed by atoms with Crippen molar-refractivity contribution in [2.24, 2.45) is 10.5 Å². The molecular formula is C8H13ClN2. The van der Waals surface area contributed by atoms with E-state index in [-0.39, 0.29) is 10.9 Å². The number of halogens is 1. The lowest BCUT2D eigenvalue weighted by Crippen LogP contribution is -2.28. The van der Waals surface area contributed by atoms with E-state index in [9.17, 15) is 0 Å². The predicted octanol–water partition coefficient (Wildman–Crippen LogP) is 2.11. The van der Waals surface area contributed by atoms with E-state index < -0.39 is 0 Å². The van der Waals surface area contributed by atoms with E-state index in [1.807, 2.05) is 12.2 Å². The minimum atomic E-state index is -0.152. The second-order valence-corrected chi connectivity index (χ2v) is 4.11. The molecule has 0 spiro atoms. The summed E-state index contributed by atoms with van der Waals surface area (Å²) in [4.78, 5) is 0. The highest BCUT2D eigenvalue weighted by Gasteiger charge is 2.19. The van der Waals surface area contributed by atoms with Crippen molar-refractivity contribution >= 4 is 17.3 Å². The van der Waals surface area contributed by atoms with E-state index in [1.165, 1.54) is 0 Å². The molecule has 1 N–H and O–H groups in total. The third-order valence-corrected chi connectivity index (χ3v) is 1.74. The highest BCUT2D eigenvalue weighted by molar-refractivity contribution is 6.22. The van der Waals surface area contributed by atoms with Gasteiger partial charge in [0, 0.05) is 5.41 Å². The number of hydrazone groups is 1. The normalized spacial score (nSPS) is 24.4. The average molecular weight is 173 g/mol. The average Bonchev–Trinajstić information content (AvgIpc) is 1.86. The number of nitrogens with zero attached hydrogens (tertiary/aromatic N) is 1. The van der Waals surface area contributed by atoms with Crippen molar-refractivity contribution in [3.63, 3.8) is 0 Å². The van der Waals surface area contributed by atoms with Crippen molar-refractivity contribution < 1.29 is 0 Å². The molecule has 1 atom stereocenters. The van der Waals surface area contributed by atoms with Gasteiger partial charge in [-0.2, -0.15) is 5.10 Å². The van der Waals surface area contributed by atoms with Crippen LogP contribution >= 0.6 is 11.6 Å². The van der Waals surface area contributed by atoms with E-state index in [0.29, 0.717) is 0 Å². The van der Waals surface area contributed by atoms with Crippen molar-refractivity contribution in [2.45, 2.75) is 26.3 Å². The summed E-state index contributed by atoms with van der Waals surface area (Å²) >= 11 is 5.73. The standard InChI is InChI=1S/C8H13ClN2/c1-8(2,3)6-4-5-7(9)11-10-6/h4-5,7,11H,1-3H3/t7-/m1/s1. The summed E-state index contributed by atoms with van der Waals surface area (Å²) in [5.74, 6) is 0. The van der Waals surface area contributed by atoms with Gasteiger partial charge in [-0.05, 0) is 12.2 Å². The van der Waals surface area contributed by atoms with Gasteiger partial charge in [0.05, 0.1) is 5.71 Å². The number of hydrogen-bond donors (Lipinski definition) is 1. The zero-order chi connectivity index (χ0) is 8.48. The first-order valence-corrected chi connectivity index (χ1v) is 4.10. The topological polar surface area (TPSA) is 24.4 Å². The molecule has 0 aromatic rings. The molecular weight excluding hydrogens is 160 g/mol. The molecule has 0 radical (unpaired) electrons. The maximum atomic E-state index is 5.73. The Morgan fingerprint density at radius 1 is 1.55 bits per heavy atom. The molecule has 0 fully saturated rings. The Bertz CT molecular complexity index is 201. The summed E-state index contributed by atoms with van der Waals surface area (Å²) in [5.41, 5.74) is 3.79. The van der Waals surface area contributed by atoms with Crippen LogP contribution in [0.3, 0.4) is 0 Å². The summed E-state index contributed by atoms with van der Waals surface area (Å²) in [6.07, 6.45) is 3.86. The molecule has 1 aliphatic rings. The van der Waals surface area contributed by atoms with Gasteiger partial charge in [-0.3, -0.25) is 5.43 Å². The van der Waals surface area contributed by atoms with Gasteiger partial charge in [0.15, 0.2) is 0 Å². The quantitative estimate of drug-likeness (QED) is 0.439. The summed E-state index contributed by atoms with van der Waals surface area (Å²) in [6, 6.07) is 0. The van der Waals surface area contributed by atoms with Crippen molar-refractivity contribution in [1.82, 2.24) is 5.43 Å². The lowest BCUT2D eigenvalue weighted by atomic mass is 9.89. The fourth-order valence-corrected chi connectivity index (χ4v) is 0.926. The maximum absolute atomic E-state index is 5.73. The first-order valence-electron chi connectivity index (χ1n) is 3.66. The second kappa shape index (κ2) is 2.86. The van der Waals surface area contributed by atoms with Crippen molar-refractivity contribution in [2.75, 3.05) is 0 Å². The summed E-state index contributed by atoms with van der Waals surface area (Å²) in [7, 11) is 0. The fourth-order valence-electron chi connectivity index (χ4n) is 0.805. The zero-order valence-electron chi connectivity index (χ0n) is 7.06. The van der Waals surface area contributed by atoms with Gasteiger partial charge >= 0.3 is 0 Å². The molecule has 0 saturated carbocycles. The molecule has 0 saturated heterocycles.